The average Bonchev–Trinajstić information content (AvgIpc) is 2.88. The Morgan fingerprint density at radius 2 is 2.11 bits per heavy atom. The van der Waals surface area contributed by atoms with Gasteiger partial charge >= 0.3 is 0 Å². The van der Waals surface area contributed by atoms with Gasteiger partial charge in [0.25, 0.3) is 0 Å². The van der Waals surface area contributed by atoms with Gasteiger partial charge < -0.3 is 10.2 Å². The Bertz CT molecular complexity index is 430. The Morgan fingerprint density at radius 3 is 2.68 bits per heavy atom. The van der Waals surface area contributed by atoms with Crippen molar-refractivity contribution in [2.45, 2.75) is 31.2 Å². The number of nitrogens with two attached hydrogens (primary N) is 1. The molecule has 0 saturated heterocycles. The molecule has 4 N–H and O–H groups in total. The number of halogens is 1. The van der Waals surface area contributed by atoms with E-state index in [1.165, 1.54) is 12.8 Å². The summed E-state index contributed by atoms with van der Waals surface area (Å²) in [6.07, 6.45) is 5.76. The standard InChI is InChI=1S/C12H21FN6/c1-19(2)12(5-3-4-6-12)8-16-10-9(13)7-15-11(17-10)18-14/h7H,3-6,8,14H2,1-2H3,(H2,15,16,17,18). The molecular weight excluding hydrogens is 247 g/mol. The van der Waals surface area contributed by atoms with Crippen molar-refractivity contribution in [3.05, 3.63) is 12.0 Å². The summed E-state index contributed by atoms with van der Waals surface area (Å²) in [5, 5.41) is 3.09. The molecule has 1 heterocycles. The predicted octanol–water partition coefficient (Wildman–Crippen LogP) is 1.19. The second-order valence-corrected chi connectivity index (χ2v) is 5.21. The number of nitrogens with zero attached hydrogens (tertiary/aromatic N) is 3. The van der Waals surface area contributed by atoms with Crippen molar-refractivity contribution in [3.8, 4) is 0 Å². The van der Waals surface area contributed by atoms with Crippen LogP contribution in [-0.4, -0.2) is 41.0 Å². The number of nitrogens with one attached hydrogen (secondary N) is 2. The Balaban J connectivity index is 2.09. The van der Waals surface area contributed by atoms with Crippen LogP contribution in [0.15, 0.2) is 6.20 Å². The fourth-order valence-electron chi connectivity index (χ4n) is 2.62. The minimum atomic E-state index is -0.467. The third kappa shape index (κ3) is 2.93. The Kier molecular flexibility index (Phi) is 4.16. The maximum absolute atomic E-state index is 13.6. The van der Waals surface area contributed by atoms with E-state index in [1.54, 1.807) is 0 Å². The van der Waals surface area contributed by atoms with E-state index in [-0.39, 0.29) is 17.3 Å². The molecule has 106 valence electrons. The van der Waals surface area contributed by atoms with Crippen molar-refractivity contribution in [2.75, 3.05) is 31.4 Å². The fraction of sp³-hybridized carbons (Fsp3) is 0.667. The summed E-state index contributed by atoms with van der Waals surface area (Å²) < 4.78 is 13.6. The monoisotopic (exact) mass is 268 g/mol. The van der Waals surface area contributed by atoms with E-state index in [2.05, 4.69) is 39.7 Å². The highest BCUT2D eigenvalue weighted by Crippen LogP contribution is 2.33. The zero-order valence-electron chi connectivity index (χ0n) is 11.4. The van der Waals surface area contributed by atoms with Crippen molar-refractivity contribution < 1.29 is 4.39 Å². The predicted molar refractivity (Wildman–Crippen MR) is 73.2 cm³/mol. The maximum Gasteiger partial charge on any atom is 0.239 e. The van der Waals surface area contributed by atoms with E-state index in [1.807, 2.05) is 0 Å². The van der Waals surface area contributed by atoms with Crippen LogP contribution in [0, 0.1) is 5.82 Å². The van der Waals surface area contributed by atoms with Crippen LogP contribution in [0.3, 0.4) is 0 Å². The molecule has 0 bridgehead atoms. The molecule has 0 amide bonds. The summed E-state index contributed by atoms with van der Waals surface area (Å²) in [6, 6.07) is 0. The third-order valence-corrected chi connectivity index (χ3v) is 3.94. The van der Waals surface area contributed by atoms with Crippen molar-refractivity contribution in [1.82, 2.24) is 14.9 Å². The van der Waals surface area contributed by atoms with Crippen LogP contribution >= 0.6 is 0 Å². The van der Waals surface area contributed by atoms with Gasteiger partial charge in [-0.25, -0.2) is 15.2 Å². The minimum Gasteiger partial charge on any atom is -0.366 e. The lowest BCUT2D eigenvalue weighted by Crippen LogP contribution is -2.47. The molecule has 1 saturated carbocycles. The third-order valence-electron chi connectivity index (χ3n) is 3.94. The molecule has 1 aliphatic rings. The molecule has 0 aromatic carbocycles. The van der Waals surface area contributed by atoms with E-state index in [4.69, 9.17) is 5.84 Å². The SMILES string of the molecule is CN(C)C1(CNc2nc(NN)ncc2F)CCCC1. The molecular formula is C12H21FN6. The first-order chi connectivity index (χ1) is 9.07. The number of likely N-dealkylation sites (N-methyl/N-ethyl adjacent to an activating group) is 1. The van der Waals surface area contributed by atoms with Crippen molar-refractivity contribution in [3.63, 3.8) is 0 Å². The first-order valence-electron chi connectivity index (χ1n) is 6.48. The maximum atomic E-state index is 13.6. The molecule has 0 unspecified atom stereocenters. The lowest BCUT2D eigenvalue weighted by atomic mass is 9.96. The second-order valence-electron chi connectivity index (χ2n) is 5.21. The normalized spacial score (nSPS) is 17.7. The van der Waals surface area contributed by atoms with E-state index >= 15 is 0 Å². The van der Waals surface area contributed by atoms with Gasteiger partial charge in [-0.2, -0.15) is 4.98 Å². The molecule has 1 fully saturated rings. The topological polar surface area (TPSA) is 79.1 Å². The summed E-state index contributed by atoms with van der Waals surface area (Å²) in [7, 11) is 4.13. The fourth-order valence-corrected chi connectivity index (χ4v) is 2.62. The van der Waals surface area contributed by atoms with Gasteiger partial charge in [0.15, 0.2) is 11.6 Å². The molecule has 1 aromatic heterocycles. The number of anilines is 2. The summed E-state index contributed by atoms with van der Waals surface area (Å²) in [5.41, 5.74) is 2.39. The highest BCUT2D eigenvalue weighted by atomic mass is 19.1. The van der Waals surface area contributed by atoms with Crippen LogP contribution in [0.1, 0.15) is 25.7 Å². The molecule has 7 heteroatoms. The molecule has 0 atom stereocenters. The second kappa shape index (κ2) is 5.66. The molecule has 1 aliphatic carbocycles. The van der Waals surface area contributed by atoms with E-state index < -0.39 is 5.82 Å². The van der Waals surface area contributed by atoms with Crippen molar-refractivity contribution in [2.24, 2.45) is 5.84 Å². The zero-order chi connectivity index (χ0) is 13.9. The van der Waals surface area contributed by atoms with Gasteiger partial charge in [0, 0.05) is 12.1 Å². The minimum absolute atomic E-state index is 0.0771. The van der Waals surface area contributed by atoms with Crippen LogP contribution in [0.25, 0.3) is 0 Å². The lowest BCUT2D eigenvalue weighted by Gasteiger charge is -2.36. The summed E-state index contributed by atoms with van der Waals surface area (Å²) in [5.74, 6) is 5.15. The van der Waals surface area contributed by atoms with E-state index in [0.29, 0.717) is 6.54 Å². The molecule has 0 spiro atoms. The molecule has 0 radical (unpaired) electrons. The largest absolute Gasteiger partial charge is 0.366 e. The zero-order valence-corrected chi connectivity index (χ0v) is 11.4. The van der Waals surface area contributed by atoms with Crippen LogP contribution in [0.5, 0.6) is 0 Å². The summed E-state index contributed by atoms with van der Waals surface area (Å²) in [4.78, 5) is 9.92. The number of nitrogen functional groups attached to an aromatic ring is 1. The first-order valence-corrected chi connectivity index (χ1v) is 6.48. The van der Waals surface area contributed by atoms with Gasteiger partial charge in [0.1, 0.15) is 0 Å². The Morgan fingerprint density at radius 1 is 1.42 bits per heavy atom. The van der Waals surface area contributed by atoms with Crippen LogP contribution in [0.4, 0.5) is 16.2 Å². The molecule has 1 aromatic rings. The Hall–Kier alpha value is -1.47. The lowest BCUT2D eigenvalue weighted by molar-refractivity contribution is 0.172. The van der Waals surface area contributed by atoms with Gasteiger partial charge in [-0.15, -0.1) is 0 Å². The van der Waals surface area contributed by atoms with Crippen LogP contribution in [-0.2, 0) is 0 Å². The molecule has 19 heavy (non-hydrogen) atoms. The van der Waals surface area contributed by atoms with Crippen molar-refractivity contribution >= 4 is 11.8 Å². The first kappa shape index (κ1) is 14.0. The quantitative estimate of drug-likeness (QED) is 0.550. The van der Waals surface area contributed by atoms with Gasteiger partial charge in [0.2, 0.25) is 5.95 Å². The highest BCUT2D eigenvalue weighted by Gasteiger charge is 2.35. The molecule has 0 aliphatic heterocycles. The number of hydrazine groups is 1. The molecule has 6 nitrogen and oxygen atoms in total. The number of aromatic nitrogens is 2. The number of hydrogen-bond acceptors (Lipinski definition) is 6. The number of rotatable bonds is 5. The molecule has 2 rings (SSSR count). The Labute approximate surface area is 112 Å². The van der Waals surface area contributed by atoms with E-state index in [0.717, 1.165) is 19.0 Å². The van der Waals surface area contributed by atoms with Crippen LogP contribution < -0.4 is 16.6 Å². The van der Waals surface area contributed by atoms with Gasteiger partial charge in [-0.3, -0.25) is 5.43 Å². The van der Waals surface area contributed by atoms with Gasteiger partial charge in [-0.1, -0.05) is 12.8 Å². The average molecular weight is 268 g/mol. The highest BCUT2D eigenvalue weighted by molar-refractivity contribution is 5.41. The van der Waals surface area contributed by atoms with Crippen LogP contribution in [0.2, 0.25) is 0 Å². The summed E-state index contributed by atoms with van der Waals surface area (Å²) in [6.45, 7) is 0.665. The summed E-state index contributed by atoms with van der Waals surface area (Å²) >= 11 is 0. The van der Waals surface area contributed by atoms with Gasteiger partial charge in [0.05, 0.1) is 6.20 Å². The van der Waals surface area contributed by atoms with Crippen molar-refractivity contribution in [1.29, 1.82) is 0 Å². The van der Waals surface area contributed by atoms with E-state index in [9.17, 15) is 4.39 Å². The number of hydrogen-bond donors (Lipinski definition) is 3. The smallest absolute Gasteiger partial charge is 0.239 e. The van der Waals surface area contributed by atoms with Gasteiger partial charge in [-0.05, 0) is 26.9 Å².